The van der Waals surface area contributed by atoms with Crippen molar-refractivity contribution in [3.8, 4) is 0 Å². The molecule has 3 aromatic carbocycles. The Bertz CT molecular complexity index is 1380. The van der Waals surface area contributed by atoms with Crippen LogP contribution in [0.4, 0.5) is 10.1 Å². The zero-order valence-electron chi connectivity index (χ0n) is 18.4. The molecule has 0 radical (unpaired) electrons. The smallest absolute Gasteiger partial charge is 0.256 e. The summed E-state index contributed by atoms with van der Waals surface area (Å²) >= 11 is 0. The number of halogens is 1. The van der Waals surface area contributed by atoms with Crippen LogP contribution < -0.4 is 5.32 Å². The number of amides is 2. The normalized spacial score (nSPS) is 17.0. The van der Waals surface area contributed by atoms with E-state index in [4.69, 9.17) is 0 Å². The fourth-order valence-corrected chi connectivity index (χ4v) is 5.68. The molecule has 2 amide bonds. The molecule has 34 heavy (non-hydrogen) atoms. The molecule has 0 atom stereocenters. The molecule has 1 aliphatic heterocycles. The molecule has 0 spiro atoms. The highest BCUT2D eigenvalue weighted by Crippen LogP contribution is 2.32. The van der Waals surface area contributed by atoms with Gasteiger partial charge in [0.05, 0.1) is 11.3 Å². The van der Waals surface area contributed by atoms with Gasteiger partial charge in [-0.05, 0) is 47.9 Å². The number of nitrogens with zero attached hydrogens (tertiary/aromatic N) is 2. The van der Waals surface area contributed by atoms with Crippen molar-refractivity contribution in [3.05, 3.63) is 72.0 Å². The lowest BCUT2D eigenvalue weighted by Crippen LogP contribution is -2.50. The van der Waals surface area contributed by atoms with Gasteiger partial charge in [0.25, 0.3) is 5.91 Å². The minimum absolute atomic E-state index is 0.0124. The molecule has 0 aromatic heterocycles. The predicted molar refractivity (Wildman–Crippen MR) is 126 cm³/mol. The largest absolute Gasteiger partial charge is 0.336 e. The summed E-state index contributed by atoms with van der Waals surface area (Å²) in [6.07, 6.45) is 1.70. The Morgan fingerprint density at radius 1 is 0.882 bits per heavy atom. The van der Waals surface area contributed by atoms with E-state index in [1.807, 2.05) is 30.3 Å². The van der Waals surface area contributed by atoms with Crippen LogP contribution in [0.25, 0.3) is 10.8 Å². The number of anilines is 1. The molecule has 1 N–H and O–H groups in total. The van der Waals surface area contributed by atoms with Crippen LogP contribution in [0.5, 0.6) is 0 Å². The van der Waals surface area contributed by atoms with E-state index < -0.39 is 15.8 Å². The number of nitrogens with one attached hydrogen (secondary N) is 1. The van der Waals surface area contributed by atoms with E-state index >= 15 is 0 Å². The van der Waals surface area contributed by atoms with Crippen LogP contribution in [0.3, 0.4) is 0 Å². The lowest BCUT2D eigenvalue weighted by atomic mass is 10.0. The molecule has 176 valence electrons. The van der Waals surface area contributed by atoms with Gasteiger partial charge in [-0.1, -0.05) is 36.4 Å². The van der Waals surface area contributed by atoms with Crippen molar-refractivity contribution in [2.75, 3.05) is 31.5 Å². The highest BCUT2D eigenvalue weighted by atomic mass is 32.2. The first kappa shape index (κ1) is 22.5. The van der Waals surface area contributed by atoms with Crippen molar-refractivity contribution in [1.29, 1.82) is 0 Å². The Kier molecular flexibility index (Phi) is 5.83. The van der Waals surface area contributed by atoms with Crippen molar-refractivity contribution >= 4 is 38.3 Å². The maximum atomic E-state index is 14.1. The summed E-state index contributed by atoms with van der Waals surface area (Å²) in [4.78, 5) is 27.1. The monoisotopic (exact) mass is 481 g/mol. The van der Waals surface area contributed by atoms with Gasteiger partial charge >= 0.3 is 0 Å². The molecule has 3 aromatic rings. The van der Waals surface area contributed by atoms with Crippen molar-refractivity contribution in [3.63, 3.8) is 0 Å². The molecule has 1 heterocycles. The van der Waals surface area contributed by atoms with Crippen LogP contribution in [0.1, 0.15) is 23.2 Å². The number of hydrogen-bond donors (Lipinski definition) is 1. The molecule has 9 heteroatoms. The predicted octanol–water partition coefficient (Wildman–Crippen LogP) is 3.47. The van der Waals surface area contributed by atoms with Gasteiger partial charge in [0, 0.05) is 32.1 Å². The highest BCUT2D eigenvalue weighted by Gasteiger charge is 2.34. The van der Waals surface area contributed by atoms with Gasteiger partial charge in [-0.2, -0.15) is 4.31 Å². The lowest BCUT2D eigenvalue weighted by Gasteiger charge is -2.34. The summed E-state index contributed by atoms with van der Waals surface area (Å²) in [5.41, 5.74) is 0.833. The fourth-order valence-electron chi connectivity index (χ4n) is 4.20. The quantitative estimate of drug-likeness (QED) is 0.605. The molecule has 2 aliphatic rings. The number of carbonyl (C=O) groups excluding carboxylic acids is 2. The van der Waals surface area contributed by atoms with Crippen LogP contribution in [0, 0.1) is 11.7 Å². The SMILES string of the molecule is O=C(Nc1cc2ccccc2cc1C(=O)N1CCN(S(=O)(=O)c2ccccc2F)CC1)C1CC1. The summed E-state index contributed by atoms with van der Waals surface area (Å²) in [6, 6.07) is 16.4. The molecule has 1 saturated carbocycles. The number of rotatable bonds is 5. The first-order valence-corrected chi connectivity index (χ1v) is 12.7. The second-order valence-corrected chi connectivity index (χ2v) is 10.5. The number of carbonyl (C=O) groups is 2. The summed E-state index contributed by atoms with van der Waals surface area (Å²) in [7, 11) is -4.00. The first-order valence-electron chi connectivity index (χ1n) is 11.2. The molecule has 5 rings (SSSR count). The maximum Gasteiger partial charge on any atom is 0.256 e. The average molecular weight is 482 g/mol. The maximum absolute atomic E-state index is 14.1. The van der Waals surface area contributed by atoms with E-state index in [0.29, 0.717) is 11.3 Å². The molecule has 1 saturated heterocycles. The van der Waals surface area contributed by atoms with E-state index in [1.165, 1.54) is 22.5 Å². The van der Waals surface area contributed by atoms with E-state index in [1.54, 1.807) is 11.0 Å². The molecular formula is C25H24FN3O4S. The van der Waals surface area contributed by atoms with Gasteiger partial charge in [-0.25, -0.2) is 12.8 Å². The Balaban J connectivity index is 1.37. The molecular weight excluding hydrogens is 457 g/mol. The zero-order chi connectivity index (χ0) is 23.9. The topological polar surface area (TPSA) is 86.8 Å². The lowest BCUT2D eigenvalue weighted by molar-refractivity contribution is -0.117. The second kappa shape index (κ2) is 8.81. The summed E-state index contributed by atoms with van der Waals surface area (Å²) in [5.74, 6) is -1.18. The number of benzene rings is 3. The Morgan fingerprint density at radius 3 is 2.15 bits per heavy atom. The van der Waals surface area contributed by atoms with Gasteiger partial charge in [0.1, 0.15) is 10.7 Å². The van der Waals surface area contributed by atoms with E-state index in [-0.39, 0.29) is 48.8 Å². The molecule has 0 bridgehead atoms. The van der Waals surface area contributed by atoms with Gasteiger partial charge < -0.3 is 10.2 Å². The Labute approximate surface area is 197 Å². The number of piperazine rings is 1. The zero-order valence-corrected chi connectivity index (χ0v) is 19.2. The number of hydrogen-bond acceptors (Lipinski definition) is 4. The third-order valence-corrected chi connectivity index (χ3v) is 8.23. The van der Waals surface area contributed by atoms with Crippen LogP contribution in [-0.4, -0.2) is 55.6 Å². The van der Waals surface area contributed by atoms with E-state index in [2.05, 4.69) is 5.32 Å². The summed E-state index contributed by atoms with van der Waals surface area (Å²) < 4.78 is 41.1. The molecule has 0 unspecified atom stereocenters. The van der Waals surface area contributed by atoms with Crippen molar-refractivity contribution in [2.24, 2.45) is 5.92 Å². The van der Waals surface area contributed by atoms with Crippen LogP contribution in [-0.2, 0) is 14.8 Å². The van der Waals surface area contributed by atoms with Crippen LogP contribution in [0.2, 0.25) is 0 Å². The van der Waals surface area contributed by atoms with Gasteiger partial charge in [-0.15, -0.1) is 0 Å². The number of sulfonamides is 1. The second-order valence-electron chi connectivity index (χ2n) is 8.64. The number of fused-ring (bicyclic) bond motifs is 1. The minimum atomic E-state index is -4.00. The molecule has 2 fully saturated rings. The van der Waals surface area contributed by atoms with Crippen LogP contribution in [0.15, 0.2) is 65.6 Å². The molecule has 1 aliphatic carbocycles. The standard InChI is InChI=1S/C25H24FN3O4S/c26-21-7-3-4-8-23(21)34(32,33)29-13-11-28(12-14-29)25(31)20-15-18-5-1-2-6-19(18)16-22(20)27-24(30)17-9-10-17/h1-8,15-17H,9-14H2,(H,27,30). The Morgan fingerprint density at radius 2 is 1.50 bits per heavy atom. The first-order chi connectivity index (χ1) is 16.3. The third kappa shape index (κ3) is 4.28. The van der Waals surface area contributed by atoms with Crippen molar-refractivity contribution < 1.29 is 22.4 Å². The molecule has 7 nitrogen and oxygen atoms in total. The van der Waals surface area contributed by atoms with Gasteiger partial charge in [0.15, 0.2) is 0 Å². The summed E-state index contributed by atoms with van der Waals surface area (Å²) in [5, 5.41) is 4.69. The van der Waals surface area contributed by atoms with E-state index in [9.17, 15) is 22.4 Å². The Hall–Kier alpha value is -3.30. The van der Waals surface area contributed by atoms with E-state index in [0.717, 1.165) is 29.7 Å². The van der Waals surface area contributed by atoms with Gasteiger partial charge in [-0.3, -0.25) is 9.59 Å². The van der Waals surface area contributed by atoms with Crippen LogP contribution >= 0.6 is 0 Å². The average Bonchev–Trinajstić information content (AvgIpc) is 3.69. The minimum Gasteiger partial charge on any atom is -0.336 e. The fraction of sp³-hybridized carbons (Fsp3) is 0.280. The third-order valence-electron chi connectivity index (χ3n) is 6.30. The van der Waals surface area contributed by atoms with Crippen molar-refractivity contribution in [1.82, 2.24) is 9.21 Å². The van der Waals surface area contributed by atoms with Gasteiger partial charge in [0.2, 0.25) is 15.9 Å². The highest BCUT2D eigenvalue weighted by molar-refractivity contribution is 7.89. The summed E-state index contributed by atoms with van der Waals surface area (Å²) in [6.45, 7) is 0.435. The van der Waals surface area contributed by atoms with Crippen molar-refractivity contribution in [2.45, 2.75) is 17.7 Å².